The van der Waals surface area contributed by atoms with E-state index in [2.05, 4.69) is 32.5 Å². The topological polar surface area (TPSA) is 91.3 Å². The fourth-order valence-electron chi connectivity index (χ4n) is 3.32. The van der Waals surface area contributed by atoms with Crippen molar-refractivity contribution >= 4 is 33.1 Å². The summed E-state index contributed by atoms with van der Waals surface area (Å²) in [5.41, 5.74) is 3.71. The van der Waals surface area contributed by atoms with Crippen molar-refractivity contribution in [2.45, 2.75) is 38.5 Å². The van der Waals surface area contributed by atoms with Gasteiger partial charge in [-0.2, -0.15) is 0 Å². The Kier molecular flexibility index (Phi) is 8.60. The average molecular weight is 491 g/mol. The Balaban J connectivity index is 1.68. The van der Waals surface area contributed by atoms with E-state index in [0.717, 1.165) is 26.7 Å². The molecule has 0 fully saturated rings. The number of benzene rings is 2. The molecule has 0 bridgehead atoms. The Morgan fingerprint density at radius 1 is 0.938 bits per heavy atom. The number of aliphatic hydroxyl groups excluding tert-OH is 1. The van der Waals surface area contributed by atoms with Gasteiger partial charge < -0.3 is 0 Å². The molecule has 2 atom stereocenters. The molecule has 3 rings (SSSR count). The minimum atomic E-state index is -1.25. The SMILES string of the molecule is Cc1cccc(C[C@H](NC(=O)[C@H](O)Cc2ccccc2)C(=O)NCc2ccc([As])nc2)c1. The number of nitrogens with zero attached hydrogens (tertiary/aromatic N) is 1. The molecule has 0 aliphatic rings. The standard InChI is InChI=1S/C25H26AsN3O3/c1-17-6-5-9-19(12-17)13-21(24(31)28-16-20-10-11-23(26)27-15-20)29-25(32)22(30)14-18-7-3-2-4-8-18/h2-12,15,21-22,30H,13-14,16H2,1H3,(H,28,31)(H,29,32)/t21-,22+/m0/s1. The number of carbonyl (C=O) groups excluding carboxylic acids is 2. The Bertz CT molecular complexity index is 1040. The van der Waals surface area contributed by atoms with Crippen LogP contribution in [0.25, 0.3) is 0 Å². The van der Waals surface area contributed by atoms with Crippen LogP contribution in [0.4, 0.5) is 0 Å². The van der Waals surface area contributed by atoms with Gasteiger partial charge in [-0.1, -0.05) is 36.4 Å². The maximum absolute atomic E-state index is 13.0. The number of hydrogen-bond acceptors (Lipinski definition) is 4. The number of aromatic nitrogens is 1. The molecule has 7 heteroatoms. The third kappa shape index (κ3) is 7.33. The molecule has 2 radical (unpaired) electrons. The molecule has 32 heavy (non-hydrogen) atoms. The number of nitrogens with one attached hydrogen (secondary N) is 2. The molecule has 0 saturated carbocycles. The molecule has 0 aliphatic carbocycles. The van der Waals surface area contributed by atoms with Crippen molar-refractivity contribution in [3.8, 4) is 0 Å². The van der Waals surface area contributed by atoms with Gasteiger partial charge in [0.1, 0.15) is 0 Å². The van der Waals surface area contributed by atoms with E-state index in [1.807, 2.05) is 73.7 Å². The summed E-state index contributed by atoms with van der Waals surface area (Å²) >= 11 is 2.36. The molecule has 1 heterocycles. The van der Waals surface area contributed by atoms with Crippen LogP contribution in [0.15, 0.2) is 72.9 Å². The van der Waals surface area contributed by atoms with E-state index in [-0.39, 0.29) is 12.3 Å². The molecule has 1 aromatic heterocycles. The van der Waals surface area contributed by atoms with Crippen LogP contribution in [-0.2, 0) is 29.0 Å². The van der Waals surface area contributed by atoms with E-state index in [0.29, 0.717) is 13.0 Å². The summed E-state index contributed by atoms with van der Waals surface area (Å²) in [4.78, 5) is 29.8. The van der Waals surface area contributed by atoms with Crippen molar-refractivity contribution < 1.29 is 14.7 Å². The van der Waals surface area contributed by atoms with Gasteiger partial charge >= 0.3 is 148 Å². The van der Waals surface area contributed by atoms with Gasteiger partial charge in [0.15, 0.2) is 0 Å². The summed E-state index contributed by atoms with van der Waals surface area (Å²) in [7, 11) is 0. The van der Waals surface area contributed by atoms with E-state index in [1.165, 1.54) is 0 Å². The van der Waals surface area contributed by atoms with Crippen molar-refractivity contribution in [3.05, 3.63) is 95.2 Å². The number of hydrogen-bond donors (Lipinski definition) is 3. The Hall–Kier alpha value is -2.95. The van der Waals surface area contributed by atoms with Crippen LogP contribution >= 0.6 is 0 Å². The Labute approximate surface area is 197 Å². The van der Waals surface area contributed by atoms with Crippen LogP contribution < -0.4 is 15.1 Å². The quantitative estimate of drug-likeness (QED) is 0.392. The van der Waals surface area contributed by atoms with Crippen molar-refractivity contribution in [3.63, 3.8) is 0 Å². The van der Waals surface area contributed by atoms with Crippen LogP contribution in [0.3, 0.4) is 0 Å². The van der Waals surface area contributed by atoms with E-state index < -0.39 is 18.1 Å². The summed E-state index contributed by atoms with van der Waals surface area (Å²) in [5.74, 6) is -0.889. The third-order valence-corrected chi connectivity index (χ3v) is 5.56. The Morgan fingerprint density at radius 2 is 1.69 bits per heavy atom. The second kappa shape index (κ2) is 11.6. The van der Waals surface area contributed by atoms with Gasteiger partial charge in [-0.25, -0.2) is 0 Å². The number of amides is 2. The first-order chi connectivity index (χ1) is 15.4. The zero-order chi connectivity index (χ0) is 22.9. The van der Waals surface area contributed by atoms with Crippen molar-refractivity contribution in [1.29, 1.82) is 0 Å². The second-order valence-corrected chi connectivity index (χ2v) is 8.66. The fourth-order valence-corrected chi connectivity index (χ4v) is 3.59. The minimum absolute atomic E-state index is 0.180. The molecule has 0 unspecified atom stereocenters. The number of carbonyl (C=O) groups is 2. The van der Waals surface area contributed by atoms with Gasteiger partial charge in [-0.05, 0) is 12.5 Å². The van der Waals surface area contributed by atoms with Gasteiger partial charge in [0.25, 0.3) is 0 Å². The van der Waals surface area contributed by atoms with Gasteiger partial charge in [0.2, 0.25) is 0 Å². The molecule has 2 amide bonds. The number of aryl methyl sites for hydroxylation is 1. The van der Waals surface area contributed by atoms with Crippen LogP contribution in [0.1, 0.15) is 22.3 Å². The van der Waals surface area contributed by atoms with Crippen LogP contribution in [-0.4, -0.2) is 50.9 Å². The predicted octanol–water partition coefficient (Wildman–Crippen LogP) is 1.13. The van der Waals surface area contributed by atoms with Crippen molar-refractivity contribution in [2.75, 3.05) is 0 Å². The molecule has 164 valence electrons. The summed E-state index contributed by atoms with van der Waals surface area (Å²) in [6.45, 7) is 2.27. The van der Waals surface area contributed by atoms with Crippen LogP contribution in [0.5, 0.6) is 0 Å². The normalized spacial score (nSPS) is 12.6. The van der Waals surface area contributed by atoms with Gasteiger partial charge in [0.05, 0.1) is 0 Å². The first-order valence-electron chi connectivity index (χ1n) is 10.4. The first kappa shape index (κ1) is 23.7. The molecule has 6 nitrogen and oxygen atoms in total. The van der Waals surface area contributed by atoms with E-state index in [4.69, 9.17) is 0 Å². The molecule has 2 aromatic carbocycles. The van der Waals surface area contributed by atoms with Crippen LogP contribution in [0, 0.1) is 6.92 Å². The van der Waals surface area contributed by atoms with Gasteiger partial charge in [-0.3, -0.25) is 0 Å². The van der Waals surface area contributed by atoms with E-state index >= 15 is 0 Å². The number of aliphatic hydroxyl groups is 1. The summed E-state index contributed by atoms with van der Waals surface area (Å²) < 4.78 is 0.838. The molecule has 0 saturated heterocycles. The predicted molar refractivity (Wildman–Crippen MR) is 124 cm³/mol. The first-order valence-corrected chi connectivity index (χ1v) is 11.3. The van der Waals surface area contributed by atoms with Crippen LogP contribution in [0.2, 0.25) is 0 Å². The fraction of sp³-hybridized carbons (Fsp3) is 0.240. The second-order valence-electron chi connectivity index (χ2n) is 7.70. The zero-order valence-electron chi connectivity index (χ0n) is 17.9. The molecule has 0 aliphatic heterocycles. The van der Waals surface area contributed by atoms with Crippen molar-refractivity contribution in [2.24, 2.45) is 0 Å². The van der Waals surface area contributed by atoms with E-state index in [1.54, 1.807) is 6.20 Å². The number of rotatable bonds is 9. The molecule has 3 aromatic rings. The monoisotopic (exact) mass is 491 g/mol. The summed E-state index contributed by atoms with van der Waals surface area (Å²) in [6.07, 6.45) is 0.954. The molecule has 3 N–H and O–H groups in total. The zero-order valence-corrected chi connectivity index (χ0v) is 19.7. The van der Waals surface area contributed by atoms with Gasteiger partial charge in [0, 0.05) is 0 Å². The van der Waals surface area contributed by atoms with Gasteiger partial charge in [-0.15, -0.1) is 0 Å². The Morgan fingerprint density at radius 3 is 2.38 bits per heavy atom. The van der Waals surface area contributed by atoms with Crippen molar-refractivity contribution in [1.82, 2.24) is 15.6 Å². The summed E-state index contributed by atoms with van der Waals surface area (Å²) in [6, 6.07) is 20.0. The number of pyridine rings is 1. The molecular formula is C25H26AsN3O3. The summed E-state index contributed by atoms with van der Waals surface area (Å²) in [5, 5.41) is 16.0. The maximum atomic E-state index is 13.0. The van der Waals surface area contributed by atoms with E-state index in [9.17, 15) is 14.7 Å². The average Bonchev–Trinajstić information content (AvgIpc) is 2.78. The molecular weight excluding hydrogens is 465 g/mol. The third-order valence-electron chi connectivity index (χ3n) is 5.01. The molecule has 0 spiro atoms.